The van der Waals surface area contributed by atoms with E-state index in [0.29, 0.717) is 10.2 Å². The largest absolute Gasteiger partial charge is 0.380 e. The maximum Gasteiger partial charge on any atom is 0.351 e. The molecule has 0 aliphatic rings. The number of hydrogen-bond acceptors (Lipinski definition) is 3. The van der Waals surface area contributed by atoms with Crippen LogP contribution in [0.4, 0.5) is 0 Å². The summed E-state index contributed by atoms with van der Waals surface area (Å²) in [6.07, 6.45) is 1.42. The van der Waals surface area contributed by atoms with E-state index in [1.54, 1.807) is 12.1 Å². The summed E-state index contributed by atoms with van der Waals surface area (Å²) in [7, 11) is 0. The Morgan fingerprint density at radius 1 is 1.55 bits per heavy atom. The molecule has 5 heteroatoms. The number of hydrogen-bond donors (Lipinski definition) is 0. The lowest BCUT2D eigenvalue weighted by Gasteiger charge is -1.94. The third-order valence-corrected chi connectivity index (χ3v) is 1.80. The minimum absolute atomic E-state index is 0.407. The van der Waals surface area contributed by atoms with E-state index < -0.39 is 5.97 Å². The number of carbonyl (C=O) groups is 1. The molecule has 3 nitrogen and oxygen atoms in total. The summed E-state index contributed by atoms with van der Waals surface area (Å²) < 4.78 is 4.98. The fraction of sp³-hybridized carbons (Fsp3) is 0. The fourth-order valence-electron chi connectivity index (χ4n) is 0.541. The van der Waals surface area contributed by atoms with Gasteiger partial charge in [0.2, 0.25) is 0 Å². The van der Waals surface area contributed by atoms with Gasteiger partial charge in [-0.05, 0) is 28.1 Å². The number of carbonyl (C=O) groups excluding carboxylic acids is 1. The van der Waals surface area contributed by atoms with Crippen molar-refractivity contribution < 1.29 is 8.62 Å². The van der Waals surface area contributed by atoms with Crippen LogP contribution in [-0.2, 0) is 3.83 Å². The highest BCUT2D eigenvalue weighted by atomic mass is 79.9. The Morgan fingerprint density at radius 2 is 2.27 bits per heavy atom. The highest BCUT2D eigenvalue weighted by molar-refractivity contribution is 9.10. The van der Waals surface area contributed by atoms with Crippen LogP contribution in [-0.4, -0.2) is 11.0 Å². The van der Waals surface area contributed by atoms with Gasteiger partial charge < -0.3 is 3.83 Å². The topological polar surface area (TPSA) is 39.2 Å². The summed E-state index contributed by atoms with van der Waals surface area (Å²) in [5.41, 5.74) is 0.407. The second kappa shape index (κ2) is 3.82. The van der Waals surface area contributed by atoms with Crippen LogP contribution in [0, 0.1) is 0 Å². The van der Waals surface area contributed by atoms with Gasteiger partial charge in [0.15, 0.2) is 16.3 Å². The Morgan fingerprint density at radius 3 is 2.73 bits per heavy atom. The van der Waals surface area contributed by atoms with Crippen LogP contribution in [0.5, 0.6) is 0 Å². The van der Waals surface area contributed by atoms with E-state index in [1.165, 1.54) is 6.20 Å². The number of rotatable bonds is 1. The van der Waals surface area contributed by atoms with Crippen LogP contribution in [0.2, 0.25) is 0 Å². The molecule has 0 amide bonds. The van der Waals surface area contributed by atoms with Crippen LogP contribution in [0.15, 0.2) is 22.9 Å². The van der Waals surface area contributed by atoms with Gasteiger partial charge >= 0.3 is 5.97 Å². The van der Waals surface area contributed by atoms with Crippen LogP contribution in [0.25, 0.3) is 0 Å². The van der Waals surface area contributed by atoms with Gasteiger partial charge in [0.25, 0.3) is 0 Å². The molecule has 0 saturated carbocycles. The normalized spacial score (nSPS) is 9.27. The van der Waals surface area contributed by atoms with Crippen LogP contribution in [0.3, 0.4) is 0 Å². The van der Waals surface area contributed by atoms with Gasteiger partial charge in [-0.15, -0.1) is 0 Å². The van der Waals surface area contributed by atoms with Crippen LogP contribution in [0.1, 0.15) is 10.4 Å². The van der Waals surface area contributed by atoms with Gasteiger partial charge in [0.1, 0.15) is 4.60 Å². The minimum atomic E-state index is -0.454. The zero-order valence-corrected chi connectivity index (χ0v) is 8.42. The van der Waals surface area contributed by atoms with Crippen molar-refractivity contribution in [2.24, 2.45) is 0 Å². The van der Waals surface area contributed by atoms with Gasteiger partial charge in [0.05, 0.1) is 5.56 Å². The second-order valence-electron chi connectivity index (χ2n) is 1.73. The van der Waals surface area contributed by atoms with Crippen LogP contribution >= 0.6 is 32.2 Å². The van der Waals surface area contributed by atoms with Crippen molar-refractivity contribution in [3.63, 3.8) is 0 Å². The van der Waals surface area contributed by atoms with Gasteiger partial charge in [-0.25, -0.2) is 9.78 Å². The van der Waals surface area contributed by atoms with Crippen molar-refractivity contribution in [3.05, 3.63) is 28.5 Å². The SMILES string of the molecule is O=C(OBr)c1ccc(Br)nc1. The number of pyridine rings is 1. The highest BCUT2D eigenvalue weighted by Gasteiger charge is 2.04. The third-order valence-electron chi connectivity index (χ3n) is 1.03. The smallest absolute Gasteiger partial charge is 0.351 e. The monoisotopic (exact) mass is 279 g/mol. The lowest BCUT2D eigenvalue weighted by atomic mass is 10.3. The van der Waals surface area contributed by atoms with E-state index in [4.69, 9.17) is 0 Å². The Kier molecular flexibility index (Phi) is 3.02. The standard InChI is InChI=1S/C6H3Br2NO2/c7-5-2-1-4(3-9-5)6(10)11-8/h1-3H. The average Bonchev–Trinajstić information content (AvgIpc) is 2.05. The summed E-state index contributed by atoms with van der Waals surface area (Å²) in [4.78, 5) is 14.6. The number of halogens is 2. The van der Waals surface area contributed by atoms with Crippen LogP contribution < -0.4 is 0 Å². The summed E-state index contributed by atoms with van der Waals surface area (Å²) in [5.74, 6) is -0.454. The predicted octanol–water partition coefficient (Wildman–Crippen LogP) is 2.31. The van der Waals surface area contributed by atoms with E-state index in [1.807, 2.05) is 0 Å². The molecule has 1 aromatic rings. The molecule has 0 spiro atoms. The quantitative estimate of drug-likeness (QED) is 0.741. The van der Waals surface area contributed by atoms with Gasteiger partial charge in [0, 0.05) is 6.20 Å². The average molecular weight is 281 g/mol. The Labute approximate surface area is 80.4 Å². The molecule has 1 heterocycles. The van der Waals surface area contributed by atoms with E-state index in [9.17, 15) is 4.79 Å². The Balaban J connectivity index is 2.90. The first-order valence-electron chi connectivity index (χ1n) is 2.68. The predicted molar refractivity (Wildman–Crippen MR) is 46.3 cm³/mol. The lowest BCUT2D eigenvalue weighted by Crippen LogP contribution is -1.97. The van der Waals surface area contributed by atoms with Crippen molar-refractivity contribution in [2.45, 2.75) is 0 Å². The van der Waals surface area contributed by atoms with Crippen molar-refractivity contribution >= 4 is 38.2 Å². The Bertz CT molecular complexity index is 260. The zero-order valence-electron chi connectivity index (χ0n) is 5.25. The molecule has 0 unspecified atom stereocenters. The molecule has 0 N–H and O–H groups in total. The van der Waals surface area contributed by atoms with E-state index >= 15 is 0 Å². The van der Waals surface area contributed by atoms with Crippen molar-refractivity contribution in [2.75, 3.05) is 0 Å². The fourth-order valence-corrected chi connectivity index (χ4v) is 0.963. The summed E-state index contributed by atoms with van der Waals surface area (Å²) in [6.45, 7) is 0. The molecule has 0 bridgehead atoms. The molecular formula is C6H3Br2NO2. The third kappa shape index (κ3) is 2.27. The van der Waals surface area contributed by atoms with E-state index in [-0.39, 0.29) is 0 Å². The maximum atomic E-state index is 10.8. The molecule has 1 rings (SSSR count). The molecule has 0 saturated heterocycles. The lowest BCUT2D eigenvalue weighted by molar-refractivity contribution is 0.0781. The second-order valence-corrected chi connectivity index (χ2v) is 2.87. The number of aromatic nitrogens is 1. The van der Waals surface area contributed by atoms with E-state index in [2.05, 4.69) is 41.0 Å². The summed E-state index contributed by atoms with van der Waals surface area (Å²) >= 11 is 5.72. The van der Waals surface area contributed by atoms with Gasteiger partial charge in [-0.2, -0.15) is 0 Å². The molecule has 0 atom stereocenters. The summed E-state index contributed by atoms with van der Waals surface area (Å²) in [6, 6.07) is 3.28. The molecule has 0 radical (unpaired) electrons. The molecule has 58 valence electrons. The molecule has 0 aromatic carbocycles. The van der Waals surface area contributed by atoms with Crippen molar-refractivity contribution in [1.29, 1.82) is 0 Å². The first kappa shape index (κ1) is 8.67. The van der Waals surface area contributed by atoms with Gasteiger partial charge in [-0.1, -0.05) is 0 Å². The Hall–Kier alpha value is -0.420. The van der Waals surface area contributed by atoms with Crippen molar-refractivity contribution in [3.8, 4) is 0 Å². The molecular weight excluding hydrogens is 278 g/mol. The first-order valence-corrected chi connectivity index (χ1v) is 4.12. The zero-order chi connectivity index (χ0) is 8.27. The molecule has 0 aliphatic carbocycles. The summed E-state index contributed by atoms with van der Waals surface area (Å²) in [5, 5.41) is 0. The minimum Gasteiger partial charge on any atom is -0.380 e. The van der Waals surface area contributed by atoms with Crippen molar-refractivity contribution in [1.82, 2.24) is 4.98 Å². The maximum absolute atomic E-state index is 10.8. The number of nitrogens with zero attached hydrogens (tertiary/aromatic N) is 1. The molecule has 11 heavy (non-hydrogen) atoms. The molecule has 1 aromatic heterocycles. The highest BCUT2D eigenvalue weighted by Crippen LogP contribution is 2.08. The first-order chi connectivity index (χ1) is 5.24. The van der Waals surface area contributed by atoms with E-state index in [0.717, 1.165) is 0 Å². The van der Waals surface area contributed by atoms with Gasteiger partial charge in [-0.3, -0.25) is 0 Å². The molecule has 0 aliphatic heterocycles. The molecule has 0 fully saturated rings.